The monoisotopic (exact) mass is 370 g/mol. The van der Waals surface area contributed by atoms with E-state index >= 15 is 0 Å². The Bertz CT molecular complexity index is 1090. The van der Waals surface area contributed by atoms with Gasteiger partial charge in [0.15, 0.2) is 5.82 Å². The van der Waals surface area contributed by atoms with Crippen molar-refractivity contribution in [3.8, 4) is 22.5 Å². The van der Waals surface area contributed by atoms with E-state index in [4.69, 9.17) is 11.6 Å². The van der Waals surface area contributed by atoms with Crippen molar-refractivity contribution in [2.75, 3.05) is 0 Å². The molecule has 130 valence electrons. The van der Waals surface area contributed by atoms with Crippen LogP contribution < -0.4 is 0 Å². The molecule has 2 heterocycles. The molecule has 0 bridgehead atoms. The normalized spacial score (nSPS) is 11.1. The van der Waals surface area contributed by atoms with E-state index in [1.807, 2.05) is 13.0 Å². The maximum Gasteiger partial charge on any atom is 0.153 e. The fourth-order valence-electron chi connectivity index (χ4n) is 2.80. The summed E-state index contributed by atoms with van der Waals surface area (Å²) in [5.41, 5.74) is 2.85. The number of hydrogen-bond donors (Lipinski definition) is 0. The lowest BCUT2D eigenvalue weighted by molar-refractivity contribution is 0.606. The average Bonchev–Trinajstić information content (AvgIpc) is 3.26. The summed E-state index contributed by atoms with van der Waals surface area (Å²) in [5, 5.41) is 23.1. The Morgan fingerprint density at radius 1 is 1.00 bits per heavy atom. The van der Waals surface area contributed by atoms with E-state index in [-0.39, 0.29) is 5.69 Å². The van der Waals surface area contributed by atoms with Crippen LogP contribution in [0.1, 0.15) is 11.4 Å². The number of rotatable bonds is 3. The third-order valence-corrected chi connectivity index (χ3v) is 4.12. The van der Waals surface area contributed by atoms with Gasteiger partial charge in [-0.2, -0.15) is 9.36 Å². The van der Waals surface area contributed by atoms with E-state index in [2.05, 4.69) is 31.1 Å². The molecule has 4 aromatic rings. The Morgan fingerprint density at radius 3 is 2.54 bits per heavy atom. The first kappa shape index (κ1) is 16.3. The number of tetrazole rings is 2. The summed E-state index contributed by atoms with van der Waals surface area (Å²) < 4.78 is 17.7. The average molecular weight is 371 g/mol. The van der Waals surface area contributed by atoms with Gasteiger partial charge in [0.05, 0.1) is 5.69 Å². The minimum absolute atomic E-state index is 0.217. The summed E-state index contributed by atoms with van der Waals surface area (Å²) in [4.78, 5) is 0. The van der Waals surface area contributed by atoms with E-state index in [1.54, 1.807) is 29.8 Å². The first-order valence-corrected chi connectivity index (χ1v) is 8.01. The fourth-order valence-corrected chi connectivity index (χ4v) is 2.97. The molecule has 0 aliphatic rings. The Kier molecular flexibility index (Phi) is 3.92. The Labute approximate surface area is 152 Å². The van der Waals surface area contributed by atoms with Gasteiger partial charge in [0.1, 0.15) is 17.8 Å². The van der Waals surface area contributed by atoms with Gasteiger partial charge in [-0.05, 0) is 70.6 Å². The molecule has 0 atom stereocenters. The fraction of sp³-hybridized carbons (Fsp3) is 0.125. The lowest BCUT2D eigenvalue weighted by Crippen LogP contribution is -2.06. The van der Waals surface area contributed by atoms with E-state index < -0.39 is 5.82 Å². The number of aryl methyl sites for hydroxylation is 2. The van der Waals surface area contributed by atoms with Gasteiger partial charge < -0.3 is 0 Å². The summed E-state index contributed by atoms with van der Waals surface area (Å²) in [6.45, 7) is 3.58. The van der Waals surface area contributed by atoms with Crippen LogP contribution in [0.4, 0.5) is 4.39 Å². The molecular formula is C16H12ClFN8. The maximum absolute atomic E-state index is 14.8. The molecule has 2 aromatic carbocycles. The van der Waals surface area contributed by atoms with Gasteiger partial charge in [-0.25, -0.2) is 4.39 Å². The highest BCUT2D eigenvalue weighted by Crippen LogP contribution is 2.35. The minimum Gasteiger partial charge on any atom is -0.205 e. The van der Waals surface area contributed by atoms with Crippen LogP contribution in [0.25, 0.3) is 22.5 Å². The molecule has 26 heavy (non-hydrogen) atoms. The topological polar surface area (TPSA) is 87.2 Å². The van der Waals surface area contributed by atoms with Crippen molar-refractivity contribution in [2.45, 2.75) is 13.8 Å². The van der Waals surface area contributed by atoms with Crippen molar-refractivity contribution >= 4 is 11.6 Å². The summed E-state index contributed by atoms with van der Waals surface area (Å²) >= 11 is 6.22. The van der Waals surface area contributed by atoms with Gasteiger partial charge >= 0.3 is 0 Å². The second kappa shape index (κ2) is 6.26. The van der Waals surface area contributed by atoms with Crippen LogP contribution in [0.3, 0.4) is 0 Å². The number of hydrogen-bond acceptors (Lipinski definition) is 6. The Balaban J connectivity index is 2.06. The highest BCUT2D eigenvalue weighted by molar-refractivity contribution is 6.31. The van der Waals surface area contributed by atoms with E-state index in [1.165, 1.54) is 17.1 Å². The molecular weight excluding hydrogens is 359 g/mol. The maximum atomic E-state index is 14.8. The Morgan fingerprint density at radius 2 is 1.85 bits per heavy atom. The van der Waals surface area contributed by atoms with Gasteiger partial charge in [0.2, 0.25) is 0 Å². The zero-order chi connectivity index (χ0) is 18.3. The molecule has 0 radical (unpaired) electrons. The van der Waals surface area contributed by atoms with Gasteiger partial charge in [0, 0.05) is 16.1 Å². The number of benzene rings is 2. The quantitative estimate of drug-likeness (QED) is 0.551. The Hall–Kier alpha value is -3.20. The third-order valence-electron chi connectivity index (χ3n) is 3.89. The smallest absolute Gasteiger partial charge is 0.153 e. The first-order valence-electron chi connectivity index (χ1n) is 7.63. The standard InChI is InChI=1S/C16H12ClFN8/c1-9-5-13(16(14(18)6-9)25-8-19-21-23-25)12-7-11(17)3-4-15(12)26-10(2)20-22-24-26/h3-8H,1-2H3. The summed E-state index contributed by atoms with van der Waals surface area (Å²) in [7, 11) is 0. The highest BCUT2D eigenvalue weighted by atomic mass is 35.5. The first-order chi connectivity index (χ1) is 12.5. The van der Waals surface area contributed by atoms with E-state index in [0.29, 0.717) is 27.7 Å². The molecule has 4 rings (SSSR count). The van der Waals surface area contributed by atoms with Crippen molar-refractivity contribution < 1.29 is 4.39 Å². The number of aromatic nitrogens is 8. The van der Waals surface area contributed by atoms with Crippen molar-refractivity contribution in [3.63, 3.8) is 0 Å². The molecule has 0 aliphatic carbocycles. The van der Waals surface area contributed by atoms with Crippen LogP contribution in [0, 0.1) is 19.7 Å². The molecule has 8 nitrogen and oxygen atoms in total. The van der Waals surface area contributed by atoms with Crippen LogP contribution >= 0.6 is 11.6 Å². The van der Waals surface area contributed by atoms with Crippen LogP contribution in [0.2, 0.25) is 5.02 Å². The van der Waals surface area contributed by atoms with Crippen molar-refractivity contribution in [1.29, 1.82) is 0 Å². The molecule has 2 aromatic heterocycles. The summed E-state index contributed by atoms with van der Waals surface area (Å²) in [6, 6.07) is 8.51. The third kappa shape index (κ3) is 2.72. The SMILES string of the molecule is Cc1cc(F)c(-n2cnnn2)c(-c2cc(Cl)ccc2-n2nnnc2C)c1. The predicted molar refractivity (Wildman–Crippen MR) is 91.7 cm³/mol. The van der Waals surface area contributed by atoms with Crippen LogP contribution in [-0.4, -0.2) is 40.4 Å². The zero-order valence-electron chi connectivity index (χ0n) is 13.8. The van der Waals surface area contributed by atoms with E-state index in [9.17, 15) is 4.39 Å². The zero-order valence-corrected chi connectivity index (χ0v) is 14.6. The molecule has 0 amide bonds. The van der Waals surface area contributed by atoms with Crippen LogP contribution in [0.15, 0.2) is 36.7 Å². The van der Waals surface area contributed by atoms with E-state index in [0.717, 1.165) is 5.56 Å². The van der Waals surface area contributed by atoms with Crippen molar-refractivity contribution in [3.05, 3.63) is 58.9 Å². The highest BCUT2D eigenvalue weighted by Gasteiger charge is 2.19. The van der Waals surface area contributed by atoms with Gasteiger partial charge in [-0.1, -0.05) is 11.6 Å². The number of halogens is 2. The van der Waals surface area contributed by atoms with Crippen molar-refractivity contribution in [2.24, 2.45) is 0 Å². The molecule has 0 spiro atoms. The lowest BCUT2D eigenvalue weighted by atomic mass is 9.99. The number of nitrogens with zero attached hydrogens (tertiary/aromatic N) is 8. The van der Waals surface area contributed by atoms with Crippen LogP contribution in [0.5, 0.6) is 0 Å². The molecule has 0 fully saturated rings. The van der Waals surface area contributed by atoms with Crippen LogP contribution in [-0.2, 0) is 0 Å². The van der Waals surface area contributed by atoms with Gasteiger partial charge in [0.25, 0.3) is 0 Å². The largest absolute Gasteiger partial charge is 0.205 e. The minimum atomic E-state index is -0.452. The second-order valence-electron chi connectivity index (χ2n) is 5.70. The van der Waals surface area contributed by atoms with Gasteiger partial charge in [-0.15, -0.1) is 10.2 Å². The molecule has 0 saturated carbocycles. The summed E-state index contributed by atoms with van der Waals surface area (Å²) in [5.74, 6) is 0.136. The molecule has 10 heteroatoms. The predicted octanol–water partition coefficient (Wildman–Crippen LogP) is 2.71. The molecule has 0 saturated heterocycles. The molecule has 0 N–H and O–H groups in total. The lowest BCUT2D eigenvalue weighted by Gasteiger charge is -2.15. The molecule has 0 aliphatic heterocycles. The molecule has 0 unspecified atom stereocenters. The second-order valence-corrected chi connectivity index (χ2v) is 6.13. The summed E-state index contributed by atoms with van der Waals surface area (Å²) in [6.07, 6.45) is 1.34. The van der Waals surface area contributed by atoms with Gasteiger partial charge in [-0.3, -0.25) is 0 Å². The van der Waals surface area contributed by atoms with Crippen molar-refractivity contribution in [1.82, 2.24) is 40.4 Å².